The summed E-state index contributed by atoms with van der Waals surface area (Å²) in [6.45, 7) is 0. The lowest BCUT2D eigenvalue weighted by Crippen LogP contribution is -2.22. The third-order valence-corrected chi connectivity index (χ3v) is 4.26. The van der Waals surface area contributed by atoms with Crippen LogP contribution < -0.4 is 15.7 Å². The van der Waals surface area contributed by atoms with Gasteiger partial charge in [0.05, 0.1) is 29.9 Å². The van der Waals surface area contributed by atoms with E-state index in [-0.39, 0.29) is 5.56 Å². The van der Waals surface area contributed by atoms with Crippen LogP contribution in [-0.2, 0) is 0 Å². The molecule has 0 bridgehead atoms. The summed E-state index contributed by atoms with van der Waals surface area (Å²) in [5.74, 6) is 1.09. The lowest BCUT2D eigenvalue weighted by molar-refractivity contribution is 0.415. The maximum atomic E-state index is 13.1. The van der Waals surface area contributed by atoms with Crippen molar-refractivity contribution in [1.82, 2.24) is 9.55 Å². The topological polar surface area (TPSA) is 68.5 Å². The molecule has 28 heavy (non-hydrogen) atoms. The molecule has 0 aliphatic carbocycles. The van der Waals surface area contributed by atoms with Crippen LogP contribution in [0.4, 0.5) is 5.95 Å². The van der Waals surface area contributed by atoms with Gasteiger partial charge in [0.25, 0.3) is 5.56 Å². The highest BCUT2D eigenvalue weighted by Gasteiger charge is 2.11. The van der Waals surface area contributed by atoms with E-state index in [1.165, 1.54) is 4.57 Å². The van der Waals surface area contributed by atoms with Gasteiger partial charge in [-0.05, 0) is 42.0 Å². The average molecular weight is 370 g/mol. The maximum Gasteiger partial charge on any atom is 0.267 e. The summed E-state index contributed by atoms with van der Waals surface area (Å²) in [7, 11) is 1.62. The second-order valence-electron chi connectivity index (χ2n) is 6.08. The zero-order chi connectivity index (χ0) is 19.3. The first kappa shape index (κ1) is 17.5. The van der Waals surface area contributed by atoms with E-state index in [4.69, 9.17) is 4.74 Å². The van der Waals surface area contributed by atoms with Crippen molar-refractivity contribution in [3.63, 3.8) is 0 Å². The molecular weight excluding hydrogens is 352 g/mol. The fourth-order valence-corrected chi connectivity index (χ4v) is 2.91. The number of nitrogens with zero attached hydrogens (tertiary/aromatic N) is 3. The first-order valence-corrected chi connectivity index (χ1v) is 8.76. The van der Waals surface area contributed by atoms with Gasteiger partial charge in [0, 0.05) is 0 Å². The highest BCUT2D eigenvalue weighted by atomic mass is 16.5. The molecule has 0 aliphatic rings. The molecule has 0 amide bonds. The van der Waals surface area contributed by atoms with E-state index in [0.717, 1.165) is 11.3 Å². The number of hydrazone groups is 1. The van der Waals surface area contributed by atoms with Crippen LogP contribution in [-0.4, -0.2) is 22.9 Å². The molecule has 0 unspecified atom stereocenters. The van der Waals surface area contributed by atoms with E-state index in [2.05, 4.69) is 15.5 Å². The highest BCUT2D eigenvalue weighted by molar-refractivity contribution is 5.81. The van der Waals surface area contributed by atoms with Gasteiger partial charge in [-0.1, -0.05) is 42.5 Å². The van der Waals surface area contributed by atoms with Crippen molar-refractivity contribution in [2.45, 2.75) is 0 Å². The SMILES string of the molecule is COc1cccc(/C=N\Nc2nc3ccccc3c(=O)n2-c2ccccc2)c1. The van der Waals surface area contributed by atoms with Crippen molar-refractivity contribution in [3.8, 4) is 11.4 Å². The molecule has 138 valence electrons. The number of rotatable bonds is 5. The van der Waals surface area contributed by atoms with Crippen LogP contribution in [0.2, 0.25) is 0 Å². The summed E-state index contributed by atoms with van der Waals surface area (Å²) in [5, 5.41) is 4.82. The molecule has 0 aliphatic heterocycles. The Morgan fingerprint density at radius 1 is 1.00 bits per heavy atom. The van der Waals surface area contributed by atoms with Crippen LogP contribution in [0.1, 0.15) is 5.56 Å². The first-order valence-electron chi connectivity index (χ1n) is 8.76. The lowest BCUT2D eigenvalue weighted by Gasteiger charge is -2.12. The average Bonchev–Trinajstić information content (AvgIpc) is 2.75. The Balaban J connectivity index is 1.77. The minimum atomic E-state index is -0.157. The van der Waals surface area contributed by atoms with Gasteiger partial charge in [0.2, 0.25) is 5.95 Å². The molecule has 0 saturated heterocycles. The minimum absolute atomic E-state index is 0.157. The predicted molar refractivity (Wildman–Crippen MR) is 112 cm³/mol. The van der Waals surface area contributed by atoms with Gasteiger partial charge >= 0.3 is 0 Å². The number of benzene rings is 3. The predicted octanol–water partition coefficient (Wildman–Crippen LogP) is 3.84. The Kier molecular flexibility index (Phi) is 4.84. The van der Waals surface area contributed by atoms with Crippen LogP contribution in [0.25, 0.3) is 16.6 Å². The molecule has 4 rings (SSSR count). The lowest BCUT2D eigenvalue weighted by atomic mass is 10.2. The molecule has 4 aromatic rings. The Morgan fingerprint density at radius 2 is 1.79 bits per heavy atom. The molecule has 6 heteroatoms. The number of hydrogen-bond acceptors (Lipinski definition) is 5. The summed E-state index contributed by atoms with van der Waals surface area (Å²) < 4.78 is 6.74. The third kappa shape index (κ3) is 3.48. The number of methoxy groups -OCH3 is 1. The molecule has 1 N–H and O–H groups in total. The molecule has 1 heterocycles. The summed E-state index contributed by atoms with van der Waals surface area (Å²) in [5.41, 5.74) is 4.94. The van der Waals surface area contributed by atoms with E-state index in [1.807, 2.05) is 72.8 Å². The van der Waals surface area contributed by atoms with Crippen molar-refractivity contribution in [1.29, 1.82) is 0 Å². The van der Waals surface area contributed by atoms with Crippen LogP contribution >= 0.6 is 0 Å². The highest BCUT2D eigenvalue weighted by Crippen LogP contribution is 2.16. The number of ether oxygens (including phenoxy) is 1. The van der Waals surface area contributed by atoms with Crippen molar-refractivity contribution < 1.29 is 4.74 Å². The molecule has 6 nitrogen and oxygen atoms in total. The second-order valence-corrected chi connectivity index (χ2v) is 6.08. The molecule has 0 atom stereocenters. The van der Waals surface area contributed by atoms with Gasteiger partial charge in [0.1, 0.15) is 5.75 Å². The largest absolute Gasteiger partial charge is 0.497 e. The molecule has 0 saturated carbocycles. The first-order chi connectivity index (χ1) is 13.8. The Labute approximate surface area is 161 Å². The molecule has 0 fully saturated rings. The zero-order valence-corrected chi connectivity index (χ0v) is 15.2. The van der Waals surface area contributed by atoms with E-state index in [0.29, 0.717) is 22.5 Å². The monoisotopic (exact) mass is 370 g/mol. The number of nitrogens with one attached hydrogen (secondary N) is 1. The summed E-state index contributed by atoms with van der Waals surface area (Å²) >= 11 is 0. The fourth-order valence-electron chi connectivity index (χ4n) is 2.91. The maximum absolute atomic E-state index is 13.1. The number of hydrogen-bond donors (Lipinski definition) is 1. The van der Waals surface area contributed by atoms with Crippen LogP contribution in [0.5, 0.6) is 5.75 Å². The molecule has 0 spiro atoms. The number of fused-ring (bicyclic) bond motifs is 1. The van der Waals surface area contributed by atoms with Crippen molar-refractivity contribution in [2.24, 2.45) is 5.10 Å². The van der Waals surface area contributed by atoms with E-state index in [9.17, 15) is 4.79 Å². The van der Waals surface area contributed by atoms with Crippen molar-refractivity contribution in [2.75, 3.05) is 12.5 Å². The van der Waals surface area contributed by atoms with Gasteiger partial charge in [-0.25, -0.2) is 15.0 Å². The third-order valence-electron chi connectivity index (χ3n) is 4.26. The second kappa shape index (κ2) is 7.75. The fraction of sp³-hybridized carbons (Fsp3) is 0.0455. The Bertz CT molecular complexity index is 1200. The van der Waals surface area contributed by atoms with Crippen molar-refractivity contribution in [3.05, 3.63) is 94.8 Å². The quantitative estimate of drug-likeness (QED) is 0.428. The van der Waals surface area contributed by atoms with E-state index >= 15 is 0 Å². The van der Waals surface area contributed by atoms with Gasteiger partial charge in [-0.2, -0.15) is 5.10 Å². The molecule has 1 aromatic heterocycles. The van der Waals surface area contributed by atoms with Crippen LogP contribution in [0.15, 0.2) is 88.8 Å². The van der Waals surface area contributed by atoms with Crippen molar-refractivity contribution >= 4 is 23.1 Å². The minimum Gasteiger partial charge on any atom is -0.497 e. The summed E-state index contributed by atoms with van der Waals surface area (Å²) in [6.07, 6.45) is 1.65. The zero-order valence-electron chi connectivity index (χ0n) is 15.2. The molecular formula is C22H18N4O2. The Morgan fingerprint density at radius 3 is 2.61 bits per heavy atom. The van der Waals surface area contributed by atoms with E-state index < -0.39 is 0 Å². The van der Waals surface area contributed by atoms with Gasteiger partial charge in [-0.3, -0.25) is 4.79 Å². The van der Waals surface area contributed by atoms with E-state index in [1.54, 1.807) is 19.4 Å². The smallest absolute Gasteiger partial charge is 0.267 e. The normalized spacial score (nSPS) is 11.0. The number of aromatic nitrogens is 2. The van der Waals surface area contributed by atoms with Gasteiger partial charge in [-0.15, -0.1) is 0 Å². The molecule has 0 radical (unpaired) electrons. The van der Waals surface area contributed by atoms with Crippen LogP contribution in [0, 0.1) is 0 Å². The molecule has 3 aromatic carbocycles. The summed E-state index contributed by atoms with van der Waals surface area (Å²) in [6, 6.07) is 24.1. The standard InChI is InChI=1S/C22H18N4O2/c1-28-18-11-7-8-16(14-18)15-23-25-22-24-20-13-6-5-12-19(20)21(27)26(22)17-9-3-2-4-10-17/h2-15H,1H3,(H,24,25)/b23-15-. The number of para-hydroxylation sites is 2. The summed E-state index contributed by atoms with van der Waals surface area (Å²) in [4.78, 5) is 17.7. The van der Waals surface area contributed by atoms with Gasteiger partial charge < -0.3 is 4.74 Å². The van der Waals surface area contributed by atoms with Gasteiger partial charge in [0.15, 0.2) is 0 Å². The Hall–Kier alpha value is -3.93. The number of anilines is 1. The van der Waals surface area contributed by atoms with Crippen LogP contribution in [0.3, 0.4) is 0 Å².